The van der Waals surface area contributed by atoms with Crippen LogP contribution in [0.1, 0.15) is 27.0 Å². The highest BCUT2D eigenvalue weighted by molar-refractivity contribution is 7.16. The third-order valence-corrected chi connectivity index (χ3v) is 4.28. The van der Waals surface area contributed by atoms with E-state index in [1.165, 1.54) is 29.5 Å². The van der Waals surface area contributed by atoms with Crippen LogP contribution < -0.4 is 5.32 Å². The van der Waals surface area contributed by atoms with E-state index in [2.05, 4.69) is 30.6 Å². The number of anilines is 1. The maximum absolute atomic E-state index is 12.8. The molecule has 1 atom stereocenters. The van der Waals surface area contributed by atoms with Gasteiger partial charge in [-0.05, 0) is 22.9 Å². The maximum atomic E-state index is 12.8. The molecule has 0 saturated heterocycles. The van der Waals surface area contributed by atoms with Crippen LogP contribution in [0.4, 0.5) is 5.13 Å². The minimum absolute atomic E-state index is 0.182. The van der Waals surface area contributed by atoms with Gasteiger partial charge in [-0.2, -0.15) is 0 Å². The lowest BCUT2D eigenvalue weighted by Gasteiger charge is -2.15. The molecule has 128 valence electrons. The van der Waals surface area contributed by atoms with Crippen LogP contribution in [0.3, 0.4) is 0 Å². The van der Waals surface area contributed by atoms with E-state index in [9.17, 15) is 9.59 Å². The van der Waals surface area contributed by atoms with Crippen LogP contribution in [-0.4, -0.2) is 44.2 Å². The molecule has 25 heavy (non-hydrogen) atoms. The van der Waals surface area contributed by atoms with E-state index in [1.54, 1.807) is 19.1 Å². The fraction of sp³-hybridized carbons (Fsp3) is 0.200. The lowest BCUT2D eigenvalue weighted by atomic mass is 10.1. The molecule has 0 spiro atoms. The smallest absolute Gasteiger partial charge is 0.357 e. The quantitative estimate of drug-likeness (QED) is 0.687. The van der Waals surface area contributed by atoms with E-state index in [4.69, 9.17) is 0 Å². The molecule has 3 rings (SSSR count). The number of aromatic nitrogens is 5. The Morgan fingerprint density at radius 2 is 2.04 bits per heavy atom. The van der Waals surface area contributed by atoms with Crippen molar-refractivity contribution in [1.29, 1.82) is 0 Å². The van der Waals surface area contributed by atoms with Crippen molar-refractivity contribution in [3.8, 4) is 0 Å². The first-order valence-corrected chi connectivity index (χ1v) is 8.06. The molecule has 1 amide bonds. The first-order valence-electron chi connectivity index (χ1n) is 7.24. The number of esters is 1. The number of hydrogen-bond acceptors (Lipinski definition) is 8. The van der Waals surface area contributed by atoms with Crippen LogP contribution in [0.5, 0.6) is 0 Å². The van der Waals surface area contributed by atoms with Crippen molar-refractivity contribution in [3.63, 3.8) is 0 Å². The molecule has 0 bridgehead atoms. The highest BCUT2D eigenvalue weighted by Gasteiger charge is 2.25. The number of nitrogens with one attached hydrogen (secondary N) is 1. The topological polar surface area (TPSA) is 112 Å². The molecule has 2 aromatic heterocycles. The fourth-order valence-corrected chi connectivity index (χ4v) is 3.06. The maximum Gasteiger partial charge on any atom is 0.357 e. The summed E-state index contributed by atoms with van der Waals surface area (Å²) in [4.78, 5) is 29.2. The molecule has 3 aromatic rings. The van der Waals surface area contributed by atoms with Gasteiger partial charge in [-0.1, -0.05) is 30.3 Å². The lowest BCUT2D eigenvalue weighted by molar-refractivity contribution is -0.118. The van der Waals surface area contributed by atoms with Crippen LogP contribution in [0.25, 0.3) is 0 Å². The highest BCUT2D eigenvalue weighted by Crippen LogP contribution is 2.25. The molecule has 0 aliphatic carbocycles. The van der Waals surface area contributed by atoms with Crippen molar-refractivity contribution in [3.05, 3.63) is 52.8 Å². The van der Waals surface area contributed by atoms with E-state index < -0.39 is 12.0 Å². The minimum Gasteiger partial charge on any atom is -0.464 e. The lowest BCUT2D eigenvalue weighted by Crippen LogP contribution is -2.27. The van der Waals surface area contributed by atoms with Crippen molar-refractivity contribution >= 4 is 28.3 Å². The Kier molecular flexibility index (Phi) is 4.80. The zero-order valence-electron chi connectivity index (χ0n) is 13.4. The number of tetrazole rings is 1. The number of aryl methyl sites for hydroxylation is 1. The number of nitrogens with zero attached hydrogens (tertiary/aromatic N) is 5. The second-order valence-electron chi connectivity index (χ2n) is 5.01. The van der Waals surface area contributed by atoms with Crippen LogP contribution in [0, 0.1) is 6.92 Å². The largest absolute Gasteiger partial charge is 0.464 e. The van der Waals surface area contributed by atoms with Gasteiger partial charge in [-0.15, -0.1) is 16.4 Å². The van der Waals surface area contributed by atoms with Gasteiger partial charge in [-0.3, -0.25) is 10.1 Å². The number of hydrogen-bond donors (Lipinski definition) is 1. The first kappa shape index (κ1) is 16.7. The summed E-state index contributed by atoms with van der Waals surface area (Å²) in [5, 5.41) is 14.0. The monoisotopic (exact) mass is 358 g/mol. The molecular weight excluding hydrogens is 344 g/mol. The molecule has 0 radical (unpaired) electrons. The summed E-state index contributed by atoms with van der Waals surface area (Å²) in [7, 11) is 1.28. The molecule has 0 saturated carbocycles. The Morgan fingerprint density at radius 3 is 2.68 bits per heavy atom. The van der Waals surface area contributed by atoms with Gasteiger partial charge in [0.25, 0.3) is 5.91 Å². The van der Waals surface area contributed by atoms with E-state index in [1.807, 2.05) is 18.2 Å². The van der Waals surface area contributed by atoms with Crippen LogP contribution in [0.2, 0.25) is 0 Å². The summed E-state index contributed by atoms with van der Waals surface area (Å²) in [6, 6.07) is 8.34. The number of thiazole rings is 1. The minimum atomic E-state index is -0.762. The van der Waals surface area contributed by atoms with Crippen molar-refractivity contribution in [2.24, 2.45) is 0 Å². The summed E-state index contributed by atoms with van der Waals surface area (Å²) in [5.41, 5.74) is 0.898. The Hall–Kier alpha value is -3.14. The molecule has 0 aliphatic heterocycles. The average Bonchev–Trinajstić information content (AvgIpc) is 3.25. The number of methoxy groups -OCH3 is 1. The molecule has 0 fully saturated rings. The SMILES string of the molecule is COC(=O)c1nc(NC(=O)[C@H](c2ccccc2)n2cnnn2)sc1C. The molecule has 0 unspecified atom stereocenters. The number of amides is 1. The second-order valence-corrected chi connectivity index (χ2v) is 6.21. The Bertz CT molecular complexity index is 878. The van der Waals surface area contributed by atoms with E-state index in [0.717, 1.165) is 0 Å². The molecule has 1 N–H and O–H groups in total. The van der Waals surface area contributed by atoms with Crippen molar-refractivity contribution in [2.45, 2.75) is 13.0 Å². The van der Waals surface area contributed by atoms with Gasteiger partial charge >= 0.3 is 5.97 Å². The number of carbonyl (C=O) groups excluding carboxylic acids is 2. The normalized spacial score (nSPS) is 11.8. The van der Waals surface area contributed by atoms with Crippen molar-refractivity contribution < 1.29 is 14.3 Å². The number of carbonyl (C=O) groups is 2. The van der Waals surface area contributed by atoms with Gasteiger partial charge in [0.2, 0.25) is 0 Å². The molecule has 10 heteroatoms. The molecule has 2 heterocycles. The van der Waals surface area contributed by atoms with Crippen LogP contribution in [-0.2, 0) is 9.53 Å². The predicted molar refractivity (Wildman–Crippen MR) is 89.2 cm³/mol. The van der Waals surface area contributed by atoms with Crippen molar-refractivity contribution in [2.75, 3.05) is 12.4 Å². The first-order chi connectivity index (χ1) is 12.1. The Morgan fingerprint density at radius 1 is 1.28 bits per heavy atom. The van der Waals surface area contributed by atoms with Gasteiger partial charge < -0.3 is 4.74 Å². The number of rotatable bonds is 5. The van der Waals surface area contributed by atoms with Gasteiger partial charge in [0.1, 0.15) is 6.33 Å². The number of ether oxygens (including phenoxy) is 1. The van der Waals surface area contributed by atoms with Crippen LogP contribution in [0.15, 0.2) is 36.7 Å². The predicted octanol–water partition coefficient (Wildman–Crippen LogP) is 1.45. The third kappa shape index (κ3) is 3.53. The van der Waals surface area contributed by atoms with E-state index >= 15 is 0 Å². The molecule has 0 aliphatic rings. The zero-order valence-corrected chi connectivity index (χ0v) is 14.2. The summed E-state index contributed by atoms with van der Waals surface area (Å²) >= 11 is 1.19. The summed E-state index contributed by atoms with van der Waals surface area (Å²) in [6.45, 7) is 1.73. The average molecular weight is 358 g/mol. The van der Waals surface area contributed by atoms with Gasteiger partial charge in [0.05, 0.1) is 7.11 Å². The summed E-state index contributed by atoms with van der Waals surface area (Å²) in [6.07, 6.45) is 1.37. The summed E-state index contributed by atoms with van der Waals surface area (Å²) < 4.78 is 6.03. The molecule has 1 aromatic carbocycles. The van der Waals surface area contributed by atoms with E-state index in [0.29, 0.717) is 15.6 Å². The third-order valence-electron chi connectivity index (χ3n) is 3.40. The summed E-state index contributed by atoms with van der Waals surface area (Å²) in [5.74, 6) is -0.919. The van der Waals surface area contributed by atoms with Crippen molar-refractivity contribution in [1.82, 2.24) is 25.2 Å². The van der Waals surface area contributed by atoms with Crippen LogP contribution >= 0.6 is 11.3 Å². The highest BCUT2D eigenvalue weighted by atomic mass is 32.1. The fourth-order valence-electron chi connectivity index (χ4n) is 2.26. The molecule has 9 nitrogen and oxygen atoms in total. The van der Waals surface area contributed by atoms with Gasteiger partial charge in [0.15, 0.2) is 16.9 Å². The number of benzene rings is 1. The van der Waals surface area contributed by atoms with Gasteiger partial charge in [0, 0.05) is 4.88 Å². The zero-order chi connectivity index (χ0) is 17.8. The Labute approximate surface area is 146 Å². The second kappa shape index (κ2) is 7.18. The standard InChI is InChI=1S/C15H14N6O3S/c1-9-11(14(23)24-2)17-15(25-9)18-13(22)12(21-8-16-19-20-21)10-6-4-3-5-7-10/h3-8,12H,1-2H3,(H,17,18,22)/t12-/m0/s1. The molecular formula is C15H14N6O3S. The van der Waals surface area contributed by atoms with E-state index in [-0.39, 0.29) is 11.6 Å². The Balaban J connectivity index is 1.88. The van der Waals surface area contributed by atoms with Gasteiger partial charge in [-0.25, -0.2) is 14.5 Å².